The van der Waals surface area contributed by atoms with Crippen LogP contribution in [0.3, 0.4) is 0 Å². The second-order valence-corrected chi connectivity index (χ2v) is 6.84. The summed E-state index contributed by atoms with van der Waals surface area (Å²) in [7, 11) is 0. The molecule has 2 aromatic heterocycles. The monoisotopic (exact) mass is 387 g/mol. The molecule has 0 aliphatic carbocycles. The first-order chi connectivity index (χ1) is 14.1. The number of hydrazine groups is 1. The Morgan fingerprint density at radius 1 is 1.21 bits per heavy atom. The summed E-state index contributed by atoms with van der Waals surface area (Å²) in [6.07, 6.45) is 6.80. The summed E-state index contributed by atoms with van der Waals surface area (Å²) in [5, 5.41) is 0.981. The normalized spacial score (nSPS) is 11.6. The Morgan fingerprint density at radius 2 is 2.07 bits per heavy atom. The van der Waals surface area contributed by atoms with E-state index in [0.717, 1.165) is 38.7 Å². The average molecular weight is 387 g/mol. The number of fused-ring (bicyclic) bond motifs is 1. The number of aromatic nitrogens is 1. The van der Waals surface area contributed by atoms with Gasteiger partial charge in [-0.05, 0) is 60.9 Å². The molecule has 4 aromatic rings. The molecule has 1 amide bonds. The standard InChI is InChI=1S/C23H21N3O3/c1-14-10-15(2)22(19(11-14)17-7-9-28-13-17)29-21(23(27)26-24)12-16-4-3-5-20-18(16)6-8-25-20/h3-13,25H,24H2,1-2H3,(H,26,27)/b21-12-. The van der Waals surface area contributed by atoms with E-state index in [-0.39, 0.29) is 5.76 Å². The summed E-state index contributed by atoms with van der Waals surface area (Å²) >= 11 is 0. The number of benzene rings is 2. The molecule has 4 rings (SSSR count). The largest absolute Gasteiger partial charge is 0.472 e. The lowest BCUT2D eigenvalue weighted by Crippen LogP contribution is -2.33. The van der Waals surface area contributed by atoms with Gasteiger partial charge in [0.15, 0.2) is 5.76 Å². The molecule has 4 N–H and O–H groups in total. The molecule has 29 heavy (non-hydrogen) atoms. The van der Waals surface area contributed by atoms with Crippen LogP contribution in [0, 0.1) is 13.8 Å². The zero-order chi connectivity index (χ0) is 20.4. The number of ether oxygens (including phenoxy) is 1. The molecule has 0 atom stereocenters. The van der Waals surface area contributed by atoms with Gasteiger partial charge in [0.05, 0.1) is 12.5 Å². The maximum absolute atomic E-state index is 12.5. The van der Waals surface area contributed by atoms with Crippen molar-refractivity contribution in [1.82, 2.24) is 10.4 Å². The zero-order valence-corrected chi connectivity index (χ0v) is 16.2. The predicted molar refractivity (Wildman–Crippen MR) is 113 cm³/mol. The maximum atomic E-state index is 12.5. The van der Waals surface area contributed by atoms with Crippen LogP contribution >= 0.6 is 0 Å². The highest BCUT2D eigenvalue weighted by Gasteiger charge is 2.18. The Morgan fingerprint density at radius 3 is 2.83 bits per heavy atom. The summed E-state index contributed by atoms with van der Waals surface area (Å²) in [5.41, 5.74) is 7.68. The van der Waals surface area contributed by atoms with Gasteiger partial charge in [0.2, 0.25) is 0 Å². The Balaban J connectivity index is 1.83. The van der Waals surface area contributed by atoms with Crippen molar-refractivity contribution in [2.24, 2.45) is 5.84 Å². The van der Waals surface area contributed by atoms with Gasteiger partial charge < -0.3 is 14.1 Å². The summed E-state index contributed by atoms with van der Waals surface area (Å²) in [6, 6.07) is 13.6. The summed E-state index contributed by atoms with van der Waals surface area (Å²) in [4.78, 5) is 15.7. The van der Waals surface area contributed by atoms with Crippen LogP contribution in [-0.2, 0) is 4.79 Å². The first-order valence-electron chi connectivity index (χ1n) is 9.17. The SMILES string of the molecule is Cc1cc(C)c(O/C(=C\c2cccc3[nH]ccc23)C(=O)NN)c(-c2ccoc2)c1. The maximum Gasteiger partial charge on any atom is 0.300 e. The number of aryl methyl sites for hydroxylation is 2. The Kier molecular flexibility index (Phi) is 4.93. The molecular formula is C23H21N3O3. The number of nitrogens with one attached hydrogen (secondary N) is 2. The molecule has 0 bridgehead atoms. The lowest BCUT2D eigenvalue weighted by Gasteiger charge is -2.16. The van der Waals surface area contributed by atoms with Crippen LogP contribution in [0.5, 0.6) is 5.75 Å². The van der Waals surface area contributed by atoms with Crippen molar-refractivity contribution in [2.75, 3.05) is 0 Å². The molecule has 2 aromatic carbocycles. The molecule has 6 heteroatoms. The predicted octanol–water partition coefficient (Wildman–Crippen LogP) is 4.45. The van der Waals surface area contributed by atoms with Crippen LogP contribution < -0.4 is 16.0 Å². The molecule has 0 radical (unpaired) electrons. The van der Waals surface area contributed by atoms with Crippen molar-refractivity contribution in [2.45, 2.75) is 13.8 Å². The number of hydrogen-bond acceptors (Lipinski definition) is 4. The van der Waals surface area contributed by atoms with E-state index in [4.69, 9.17) is 15.0 Å². The topological polar surface area (TPSA) is 93.3 Å². The highest BCUT2D eigenvalue weighted by atomic mass is 16.5. The molecule has 146 valence electrons. The van der Waals surface area contributed by atoms with Gasteiger partial charge in [-0.15, -0.1) is 0 Å². The number of nitrogens with two attached hydrogens (primary N) is 1. The van der Waals surface area contributed by atoms with Gasteiger partial charge in [0.25, 0.3) is 0 Å². The molecule has 0 unspecified atom stereocenters. The van der Waals surface area contributed by atoms with Gasteiger partial charge in [0, 0.05) is 28.2 Å². The third-order valence-electron chi connectivity index (χ3n) is 4.73. The molecular weight excluding hydrogens is 366 g/mol. The molecule has 0 saturated heterocycles. The third kappa shape index (κ3) is 3.66. The van der Waals surface area contributed by atoms with E-state index >= 15 is 0 Å². The molecule has 6 nitrogen and oxygen atoms in total. The Hall–Kier alpha value is -3.77. The van der Waals surface area contributed by atoms with E-state index in [9.17, 15) is 4.79 Å². The number of H-pyrrole nitrogens is 1. The number of furan rings is 1. The lowest BCUT2D eigenvalue weighted by atomic mass is 10.0. The molecule has 0 aliphatic heterocycles. The number of aromatic amines is 1. The van der Waals surface area contributed by atoms with E-state index in [1.165, 1.54) is 0 Å². The number of carbonyl (C=O) groups excluding carboxylic acids is 1. The lowest BCUT2D eigenvalue weighted by molar-refractivity contribution is -0.119. The molecule has 2 heterocycles. The number of rotatable bonds is 5. The Labute approximate surface area is 168 Å². The minimum Gasteiger partial charge on any atom is -0.472 e. The summed E-state index contributed by atoms with van der Waals surface area (Å²) in [6.45, 7) is 3.95. The second kappa shape index (κ2) is 7.69. The van der Waals surface area contributed by atoms with Crippen LogP contribution in [0.1, 0.15) is 16.7 Å². The van der Waals surface area contributed by atoms with Crippen molar-refractivity contribution in [1.29, 1.82) is 0 Å². The van der Waals surface area contributed by atoms with Gasteiger partial charge >= 0.3 is 5.91 Å². The van der Waals surface area contributed by atoms with Gasteiger partial charge in [0.1, 0.15) is 5.75 Å². The van der Waals surface area contributed by atoms with E-state index < -0.39 is 5.91 Å². The van der Waals surface area contributed by atoms with Crippen molar-refractivity contribution >= 4 is 22.9 Å². The van der Waals surface area contributed by atoms with Gasteiger partial charge in [-0.1, -0.05) is 18.2 Å². The number of amides is 1. The van der Waals surface area contributed by atoms with Crippen molar-refractivity contribution < 1.29 is 13.9 Å². The molecule has 0 aliphatic rings. The van der Waals surface area contributed by atoms with Crippen LogP contribution in [0.15, 0.2) is 71.4 Å². The van der Waals surface area contributed by atoms with Crippen molar-refractivity contribution in [3.05, 3.63) is 83.6 Å². The first-order valence-corrected chi connectivity index (χ1v) is 9.17. The smallest absolute Gasteiger partial charge is 0.300 e. The van der Waals surface area contributed by atoms with Gasteiger partial charge in [-0.25, -0.2) is 5.84 Å². The van der Waals surface area contributed by atoms with Crippen molar-refractivity contribution in [3.63, 3.8) is 0 Å². The molecule has 0 fully saturated rings. The fourth-order valence-electron chi connectivity index (χ4n) is 3.42. The molecule has 0 saturated carbocycles. The van der Waals surface area contributed by atoms with Gasteiger partial charge in [-0.3, -0.25) is 10.2 Å². The average Bonchev–Trinajstić information content (AvgIpc) is 3.40. The minimum absolute atomic E-state index is 0.0953. The first kappa shape index (κ1) is 18.6. The van der Waals surface area contributed by atoms with E-state index in [2.05, 4.69) is 10.4 Å². The van der Waals surface area contributed by atoms with Crippen LogP contribution in [0.2, 0.25) is 0 Å². The summed E-state index contributed by atoms with van der Waals surface area (Å²) in [5.74, 6) is 5.58. The third-order valence-corrected chi connectivity index (χ3v) is 4.73. The van der Waals surface area contributed by atoms with Crippen LogP contribution in [0.25, 0.3) is 28.1 Å². The van der Waals surface area contributed by atoms with Gasteiger partial charge in [-0.2, -0.15) is 0 Å². The summed E-state index contributed by atoms with van der Waals surface area (Å²) < 4.78 is 11.4. The highest BCUT2D eigenvalue weighted by Crippen LogP contribution is 2.36. The van der Waals surface area contributed by atoms with E-state index in [1.54, 1.807) is 18.6 Å². The minimum atomic E-state index is -0.518. The second-order valence-electron chi connectivity index (χ2n) is 6.84. The quantitative estimate of drug-likeness (QED) is 0.155. The number of carbonyl (C=O) groups is 1. The molecule has 0 spiro atoms. The van der Waals surface area contributed by atoms with Crippen LogP contribution in [-0.4, -0.2) is 10.9 Å². The fraction of sp³-hybridized carbons (Fsp3) is 0.0870. The van der Waals surface area contributed by atoms with E-state index in [0.29, 0.717) is 5.75 Å². The van der Waals surface area contributed by atoms with E-state index in [1.807, 2.05) is 62.5 Å². The fourth-order valence-corrected chi connectivity index (χ4v) is 3.42. The Bertz CT molecular complexity index is 1200. The highest BCUT2D eigenvalue weighted by molar-refractivity contribution is 5.99. The number of hydrogen-bond donors (Lipinski definition) is 3. The van der Waals surface area contributed by atoms with Crippen molar-refractivity contribution in [3.8, 4) is 16.9 Å². The zero-order valence-electron chi connectivity index (χ0n) is 16.2. The van der Waals surface area contributed by atoms with Crippen LogP contribution in [0.4, 0.5) is 0 Å².